The number of rotatable bonds is 7. The van der Waals surface area contributed by atoms with Gasteiger partial charge in [0.1, 0.15) is 0 Å². The second-order valence-corrected chi connectivity index (χ2v) is 10.8. The van der Waals surface area contributed by atoms with E-state index in [2.05, 4.69) is 15.6 Å². The van der Waals surface area contributed by atoms with Crippen molar-refractivity contribution in [3.05, 3.63) is 29.3 Å². The number of aryl methyl sites for hydroxylation is 1. The average Bonchev–Trinajstić information content (AvgIpc) is 3.08. The monoisotopic (exact) mass is 425 g/mol. The zero-order valence-corrected chi connectivity index (χ0v) is 18.0. The normalized spacial score (nSPS) is 22.8. The zero-order valence-electron chi connectivity index (χ0n) is 16.4. The minimum Gasteiger partial charge on any atom is -0.379 e. The van der Waals surface area contributed by atoms with Crippen molar-refractivity contribution in [2.75, 3.05) is 30.0 Å². The molecule has 2 heterocycles. The molecule has 1 fully saturated rings. The molecule has 3 rings (SSSR count). The van der Waals surface area contributed by atoms with Crippen LogP contribution in [-0.2, 0) is 14.6 Å². The predicted octanol–water partition coefficient (Wildman–Crippen LogP) is 2.22. The lowest BCUT2D eigenvalue weighted by Crippen LogP contribution is -2.25. The van der Waals surface area contributed by atoms with Gasteiger partial charge in [-0.2, -0.15) is 0 Å². The molecular weight excluding hydrogens is 398 g/mol. The number of carbonyl (C=O) groups excluding carboxylic acids is 1. The van der Waals surface area contributed by atoms with Crippen LogP contribution < -0.4 is 10.6 Å². The third-order valence-electron chi connectivity index (χ3n) is 4.62. The molecule has 7 nitrogen and oxygen atoms in total. The summed E-state index contributed by atoms with van der Waals surface area (Å²) in [7, 11) is -2.96. The number of sulfone groups is 1. The molecule has 2 aliphatic heterocycles. The fraction of sp³-hybridized carbons (Fsp3) is 0.579. The molecule has 28 heavy (non-hydrogen) atoms. The molecule has 0 spiro atoms. The second kappa shape index (κ2) is 8.84. The van der Waals surface area contributed by atoms with Crippen LogP contribution in [0.15, 0.2) is 23.2 Å². The smallest absolute Gasteiger partial charge is 0.251 e. The maximum absolute atomic E-state index is 12.4. The van der Waals surface area contributed by atoms with Crippen LogP contribution in [0.3, 0.4) is 0 Å². The molecule has 2 N–H and O–H groups in total. The standard InChI is InChI=1S/C19H27N3O4S2/c1-12(2)26-8-4-7-20-18(23)14-6-5-13(3)15(9-14)21-19-22-16-10-28(24,25)11-17(16)27-19/h5-6,9,12,16-17H,4,7-8,10-11H2,1-3H3,(H,20,23)(H,21,22)/t16-,17-/m0/s1. The van der Waals surface area contributed by atoms with Gasteiger partial charge in [0.2, 0.25) is 0 Å². The van der Waals surface area contributed by atoms with E-state index < -0.39 is 9.84 Å². The third kappa shape index (κ3) is 5.48. The van der Waals surface area contributed by atoms with Crippen molar-refractivity contribution >= 4 is 38.4 Å². The number of amides is 1. The highest BCUT2D eigenvalue weighted by Gasteiger charge is 2.42. The summed E-state index contributed by atoms with van der Waals surface area (Å²) < 4.78 is 28.8. The summed E-state index contributed by atoms with van der Waals surface area (Å²) in [5.74, 6) is 0.174. The maximum Gasteiger partial charge on any atom is 0.251 e. The van der Waals surface area contributed by atoms with Gasteiger partial charge in [0, 0.05) is 29.7 Å². The molecule has 0 radical (unpaired) electrons. The second-order valence-electron chi connectivity index (χ2n) is 7.42. The van der Waals surface area contributed by atoms with E-state index >= 15 is 0 Å². The summed E-state index contributed by atoms with van der Waals surface area (Å²) in [6.07, 6.45) is 0.956. The highest BCUT2D eigenvalue weighted by atomic mass is 32.2. The Morgan fingerprint density at radius 2 is 2.14 bits per heavy atom. The van der Waals surface area contributed by atoms with Crippen LogP contribution in [0.4, 0.5) is 5.69 Å². The summed E-state index contributed by atoms with van der Waals surface area (Å²) in [6, 6.07) is 5.33. The van der Waals surface area contributed by atoms with Gasteiger partial charge in [-0.15, -0.1) is 0 Å². The Balaban J connectivity index is 1.57. The summed E-state index contributed by atoms with van der Waals surface area (Å²) in [5.41, 5.74) is 2.38. The topological polar surface area (TPSA) is 96.9 Å². The highest BCUT2D eigenvalue weighted by molar-refractivity contribution is 8.15. The van der Waals surface area contributed by atoms with Gasteiger partial charge >= 0.3 is 0 Å². The number of amidine groups is 1. The number of ether oxygens (including phenoxy) is 1. The molecule has 2 aliphatic rings. The van der Waals surface area contributed by atoms with Gasteiger partial charge in [-0.1, -0.05) is 17.8 Å². The van der Waals surface area contributed by atoms with E-state index in [-0.39, 0.29) is 34.8 Å². The number of carbonyl (C=O) groups is 1. The van der Waals surface area contributed by atoms with Crippen LogP contribution in [0.5, 0.6) is 0 Å². The van der Waals surface area contributed by atoms with Gasteiger partial charge in [-0.3, -0.25) is 9.79 Å². The van der Waals surface area contributed by atoms with E-state index in [9.17, 15) is 13.2 Å². The van der Waals surface area contributed by atoms with Crippen molar-refractivity contribution in [3.8, 4) is 0 Å². The summed E-state index contributed by atoms with van der Waals surface area (Å²) in [6.45, 7) is 7.10. The molecule has 1 amide bonds. The molecule has 1 aromatic carbocycles. The van der Waals surface area contributed by atoms with Crippen molar-refractivity contribution in [1.29, 1.82) is 0 Å². The number of hydrogen-bond donors (Lipinski definition) is 2. The van der Waals surface area contributed by atoms with Gasteiger partial charge in [0.05, 0.1) is 23.7 Å². The van der Waals surface area contributed by atoms with E-state index in [1.54, 1.807) is 6.07 Å². The predicted molar refractivity (Wildman–Crippen MR) is 114 cm³/mol. The molecule has 1 saturated heterocycles. The molecule has 0 aliphatic carbocycles. The lowest BCUT2D eigenvalue weighted by Gasteiger charge is -2.12. The molecule has 1 aromatic rings. The number of nitrogens with zero attached hydrogens (tertiary/aromatic N) is 1. The Hall–Kier alpha value is -1.58. The first-order chi connectivity index (χ1) is 13.2. The first-order valence-electron chi connectivity index (χ1n) is 9.46. The lowest BCUT2D eigenvalue weighted by molar-refractivity contribution is 0.0757. The first-order valence-corrected chi connectivity index (χ1v) is 12.2. The van der Waals surface area contributed by atoms with Gasteiger partial charge in [-0.25, -0.2) is 8.42 Å². The van der Waals surface area contributed by atoms with Gasteiger partial charge < -0.3 is 15.4 Å². The van der Waals surface area contributed by atoms with Crippen LogP contribution in [-0.4, -0.2) is 61.5 Å². The Morgan fingerprint density at radius 3 is 2.86 bits per heavy atom. The van der Waals surface area contributed by atoms with Crippen molar-refractivity contribution in [3.63, 3.8) is 0 Å². The molecule has 0 bridgehead atoms. The summed E-state index contributed by atoms with van der Waals surface area (Å²) >= 11 is 1.47. The summed E-state index contributed by atoms with van der Waals surface area (Å²) in [5, 5.41) is 6.88. The number of nitrogens with one attached hydrogen (secondary N) is 2. The number of fused-ring (bicyclic) bond motifs is 1. The molecule has 0 aromatic heterocycles. The fourth-order valence-corrected chi connectivity index (χ4v) is 6.79. The lowest BCUT2D eigenvalue weighted by atomic mass is 10.1. The SMILES string of the molecule is Cc1ccc(C(=O)NCCCOC(C)C)cc1NC1=N[C@H]2CS(=O)(=O)C[C@@H]2S1. The Labute approximate surface area is 170 Å². The first kappa shape index (κ1) is 21.1. The van der Waals surface area contributed by atoms with Crippen molar-refractivity contribution in [2.24, 2.45) is 4.99 Å². The molecule has 154 valence electrons. The van der Waals surface area contributed by atoms with E-state index in [0.29, 0.717) is 18.7 Å². The molecule has 9 heteroatoms. The van der Waals surface area contributed by atoms with Crippen LogP contribution in [0.2, 0.25) is 0 Å². The third-order valence-corrected chi connectivity index (χ3v) is 7.76. The molecule has 0 saturated carbocycles. The molecule has 2 atom stereocenters. The largest absolute Gasteiger partial charge is 0.379 e. The van der Waals surface area contributed by atoms with E-state index in [4.69, 9.17) is 4.74 Å². The molecule has 0 unspecified atom stereocenters. The number of anilines is 1. The summed E-state index contributed by atoms with van der Waals surface area (Å²) in [4.78, 5) is 16.9. The minimum absolute atomic E-state index is 0.00709. The van der Waals surface area contributed by atoms with Crippen molar-refractivity contribution < 1.29 is 17.9 Å². The fourth-order valence-electron chi connectivity index (χ4n) is 3.12. The Morgan fingerprint density at radius 1 is 1.36 bits per heavy atom. The average molecular weight is 426 g/mol. The highest BCUT2D eigenvalue weighted by Crippen LogP contribution is 2.35. The Bertz CT molecular complexity index is 868. The minimum atomic E-state index is -2.96. The quantitative estimate of drug-likeness (QED) is 0.650. The zero-order chi connectivity index (χ0) is 20.3. The van der Waals surface area contributed by atoms with Crippen LogP contribution in [0.25, 0.3) is 0 Å². The number of hydrogen-bond acceptors (Lipinski definition) is 7. The van der Waals surface area contributed by atoms with Gasteiger partial charge in [-0.05, 0) is 44.9 Å². The number of benzene rings is 1. The maximum atomic E-state index is 12.4. The van der Waals surface area contributed by atoms with Gasteiger partial charge in [0.25, 0.3) is 5.91 Å². The van der Waals surface area contributed by atoms with Crippen molar-refractivity contribution in [1.82, 2.24) is 5.32 Å². The van der Waals surface area contributed by atoms with Crippen LogP contribution in [0.1, 0.15) is 36.2 Å². The number of thioether (sulfide) groups is 1. The van der Waals surface area contributed by atoms with Crippen LogP contribution in [0, 0.1) is 6.92 Å². The van der Waals surface area contributed by atoms with Crippen LogP contribution >= 0.6 is 11.8 Å². The molecular formula is C19H27N3O4S2. The number of aliphatic imine (C=N–C) groups is 1. The van der Waals surface area contributed by atoms with E-state index in [0.717, 1.165) is 22.8 Å². The Kier molecular flexibility index (Phi) is 6.67. The van der Waals surface area contributed by atoms with E-state index in [1.165, 1.54) is 11.8 Å². The van der Waals surface area contributed by atoms with Gasteiger partial charge in [0.15, 0.2) is 15.0 Å². The van der Waals surface area contributed by atoms with E-state index in [1.807, 2.05) is 32.9 Å². The van der Waals surface area contributed by atoms with Crippen molar-refractivity contribution in [2.45, 2.75) is 44.6 Å².